The smallest absolute Gasteiger partial charge is 0.338 e. The third-order valence-corrected chi connectivity index (χ3v) is 4.65. The summed E-state index contributed by atoms with van der Waals surface area (Å²) < 4.78 is 20.9. The Kier molecular flexibility index (Phi) is 7.03. The Hall–Kier alpha value is -3.39. The van der Waals surface area contributed by atoms with Crippen LogP contribution in [-0.4, -0.2) is 63.3 Å². The van der Waals surface area contributed by atoms with Crippen LogP contribution in [0.2, 0.25) is 0 Å². The number of esters is 2. The second kappa shape index (κ2) is 9.89. The summed E-state index contributed by atoms with van der Waals surface area (Å²) in [5, 5.41) is 0. The minimum absolute atomic E-state index is 0.112. The van der Waals surface area contributed by atoms with Gasteiger partial charge in [0.25, 0.3) is 5.91 Å². The van der Waals surface area contributed by atoms with Crippen molar-refractivity contribution in [2.45, 2.75) is 6.10 Å². The Morgan fingerprint density at radius 1 is 0.900 bits per heavy atom. The van der Waals surface area contributed by atoms with Gasteiger partial charge < -0.3 is 23.8 Å². The number of carbonyl (C=O) groups is 3. The van der Waals surface area contributed by atoms with Crippen LogP contribution in [0.15, 0.2) is 48.5 Å². The molecule has 2 aromatic carbocycles. The summed E-state index contributed by atoms with van der Waals surface area (Å²) in [5.74, 6) is -1.33. The van der Waals surface area contributed by atoms with E-state index in [-0.39, 0.29) is 22.8 Å². The van der Waals surface area contributed by atoms with Crippen LogP contribution in [0.4, 0.5) is 0 Å². The molecule has 158 valence electrons. The minimum atomic E-state index is -0.956. The fraction of sp³-hybridized carbons (Fsp3) is 0.318. The number of ether oxygens (including phenoxy) is 4. The molecule has 1 saturated heterocycles. The molecule has 0 N–H and O–H groups in total. The van der Waals surface area contributed by atoms with Gasteiger partial charge in [-0.25, -0.2) is 9.59 Å². The Balaban J connectivity index is 1.98. The monoisotopic (exact) mass is 413 g/mol. The fourth-order valence-electron chi connectivity index (χ4n) is 3.11. The highest BCUT2D eigenvalue weighted by atomic mass is 16.5. The Morgan fingerprint density at radius 2 is 1.47 bits per heavy atom. The van der Waals surface area contributed by atoms with Gasteiger partial charge in [-0.3, -0.25) is 4.79 Å². The van der Waals surface area contributed by atoms with E-state index in [0.29, 0.717) is 31.9 Å². The van der Waals surface area contributed by atoms with Gasteiger partial charge in [-0.2, -0.15) is 0 Å². The molecule has 30 heavy (non-hydrogen) atoms. The summed E-state index contributed by atoms with van der Waals surface area (Å²) in [6.07, 6.45) is -0.956. The van der Waals surface area contributed by atoms with E-state index >= 15 is 0 Å². The zero-order valence-electron chi connectivity index (χ0n) is 16.8. The van der Waals surface area contributed by atoms with Crippen molar-refractivity contribution >= 4 is 17.8 Å². The zero-order chi connectivity index (χ0) is 21.5. The topological polar surface area (TPSA) is 91.4 Å². The minimum Gasteiger partial charge on any atom is -0.476 e. The molecule has 3 rings (SSSR count). The summed E-state index contributed by atoms with van der Waals surface area (Å²) in [6.45, 7) is 1.83. The van der Waals surface area contributed by atoms with E-state index < -0.39 is 18.0 Å². The number of amides is 1. The first-order chi connectivity index (χ1) is 14.5. The molecule has 0 aliphatic carbocycles. The maximum absolute atomic E-state index is 13.2. The Bertz CT molecular complexity index is 873. The lowest BCUT2D eigenvalue weighted by Crippen LogP contribution is -2.44. The van der Waals surface area contributed by atoms with Crippen LogP contribution in [0, 0.1) is 0 Å². The zero-order valence-corrected chi connectivity index (χ0v) is 16.8. The van der Waals surface area contributed by atoms with E-state index in [1.54, 1.807) is 17.0 Å². The van der Waals surface area contributed by atoms with Crippen LogP contribution in [0.3, 0.4) is 0 Å². The predicted octanol–water partition coefficient (Wildman–Crippen LogP) is 2.24. The molecule has 8 heteroatoms. The standard InChI is InChI=1S/C22H23NO7/c1-27-21(25)16-12-17(22(26)28-2)14-18(13-16)30-19(15-6-4-3-5-7-15)20(24)23-8-10-29-11-9-23/h3-7,12-14,19H,8-11H2,1-2H3/t19-/m0/s1. The van der Waals surface area contributed by atoms with Crippen molar-refractivity contribution in [1.29, 1.82) is 0 Å². The lowest BCUT2D eigenvalue weighted by molar-refractivity contribution is -0.143. The molecule has 1 atom stereocenters. The molecule has 1 aliphatic rings. The molecule has 0 aromatic heterocycles. The van der Waals surface area contributed by atoms with Crippen LogP contribution in [0.25, 0.3) is 0 Å². The van der Waals surface area contributed by atoms with Crippen molar-refractivity contribution in [2.75, 3.05) is 40.5 Å². The van der Waals surface area contributed by atoms with Crippen LogP contribution < -0.4 is 4.74 Å². The van der Waals surface area contributed by atoms with Gasteiger partial charge in [0.15, 0.2) is 0 Å². The van der Waals surface area contributed by atoms with E-state index in [1.165, 1.54) is 32.4 Å². The maximum Gasteiger partial charge on any atom is 0.338 e. The van der Waals surface area contributed by atoms with Crippen LogP contribution >= 0.6 is 0 Å². The SMILES string of the molecule is COC(=O)c1cc(O[C@H](C(=O)N2CCOCC2)c2ccccc2)cc(C(=O)OC)c1. The number of methoxy groups -OCH3 is 2. The highest BCUT2D eigenvalue weighted by Crippen LogP contribution is 2.27. The normalized spacial score (nSPS) is 14.5. The van der Waals surface area contributed by atoms with Gasteiger partial charge in [0.1, 0.15) is 5.75 Å². The van der Waals surface area contributed by atoms with E-state index in [1.807, 2.05) is 18.2 Å². The van der Waals surface area contributed by atoms with Crippen molar-refractivity contribution in [3.63, 3.8) is 0 Å². The molecule has 1 amide bonds. The molecule has 2 aromatic rings. The summed E-state index contributed by atoms with van der Waals surface area (Å²) in [5.41, 5.74) is 0.874. The van der Waals surface area contributed by atoms with Crippen molar-refractivity contribution < 1.29 is 33.3 Å². The second-order valence-corrected chi connectivity index (χ2v) is 6.58. The van der Waals surface area contributed by atoms with E-state index in [0.717, 1.165) is 0 Å². The van der Waals surface area contributed by atoms with Crippen molar-refractivity contribution in [1.82, 2.24) is 4.90 Å². The van der Waals surface area contributed by atoms with Crippen LogP contribution in [0.5, 0.6) is 5.75 Å². The Morgan fingerprint density at radius 3 is 2.00 bits per heavy atom. The van der Waals surface area contributed by atoms with Gasteiger partial charge in [-0.15, -0.1) is 0 Å². The average Bonchev–Trinajstić information content (AvgIpc) is 2.81. The molecule has 0 saturated carbocycles. The molecule has 1 heterocycles. The van der Waals surface area contributed by atoms with Crippen LogP contribution in [0.1, 0.15) is 32.4 Å². The molecule has 1 aliphatic heterocycles. The highest BCUT2D eigenvalue weighted by molar-refractivity contribution is 5.96. The molecule has 1 fully saturated rings. The van der Waals surface area contributed by atoms with Gasteiger partial charge >= 0.3 is 11.9 Å². The first-order valence-corrected chi connectivity index (χ1v) is 9.43. The number of rotatable bonds is 6. The number of hydrogen-bond donors (Lipinski definition) is 0. The van der Waals surface area contributed by atoms with E-state index in [2.05, 4.69) is 0 Å². The third-order valence-electron chi connectivity index (χ3n) is 4.65. The van der Waals surface area contributed by atoms with Gasteiger partial charge in [0.2, 0.25) is 6.10 Å². The highest BCUT2D eigenvalue weighted by Gasteiger charge is 2.29. The van der Waals surface area contributed by atoms with Gasteiger partial charge in [-0.1, -0.05) is 30.3 Å². The molecule has 0 bridgehead atoms. The lowest BCUT2D eigenvalue weighted by Gasteiger charge is -2.30. The summed E-state index contributed by atoms with van der Waals surface area (Å²) in [4.78, 5) is 39.0. The average molecular weight is 413 g/mol. The molecular formula is C22H23NO7. The third kappa shape index (κ3) is 4.96. The van der Waals surface area contributed by atoms with Gasteiger partial charge in [-0.05, 0) is 18.2 Å². The number of benzene rings is 2. The lowest BCUT2D eigenvalue weighted by atomic mass is 10.1. The number of hydrogen-bond acceptors (Lipinski definition) is 7. The Labute approximate surface area is 174 Å². The number of morpholine rings is 1. The second-order valence-electron chi connectivity index (χ2n) is 6.58. The number of carbonyl (C=O) groups excluding carboxylic acids is 3. The quantitative estimate of drug-likeness (QED) is 0.671. The maximum atomic E-state index is 13.2. The fourth-order valence-corrected chi connectivity index (χ4v) is 3.11. The molecule has 8 nitrogen and oxygen atoms in total. The summed E-state index contributed by atoms with van der Waals surface area (Å²) in [7, 11) is 2.48. The van der Waals surface area contributed by atoms with Gasteiger partial charge in [0, 0.05) is 18.7 Å². The van der Waals surface area contributed by atoms with Crippen molar-refractivity contribution in [3.05, 3.63) is 65.2 Å². The van der Waals surface area contributed by atoms with Crippen LogP contribution in [-0.2, 0) is 19.0 Å². The summed E-state index contributed by atoms with van der Waals surface area (Å²) >= 11 is 0. The largest absolute Gasteiger partial charge is 0.476 e. The van der Waals surface area contributed by atoms with E-state index in [9.17, 15) is 14.4 Å². The molecule has 0 radical (unpaired) electrons. The van der Waals surface area contributed by atoms with Crippen molar-refractivity contribution in [2.24, 2.45) is 0 Å². The predicted molar refractivity (Wildman–Crippen MR) is 106 cm³/mol. The molecule has 0 unspecified atom stereocenters. The molecular weight excluding hydrogens is 390 g/mol. The number of nitrogens with zero attached hydrogens (tertiary/aromatic N) is 1. The first-order valence-electron chi connectivity index (χ1n) is 9.43. The molecule has 0 spiro atoms. The van der Waals surface area contributed by atoms with Gasteiger partial charge in [0.05, 0.1) is 38.6 Å². The van der Waals surface area contributed by atoms with E-state index in [4.69, 9.17) is 18.9 Å². The summed E-state index contributed by atoms with van der Waals surface area (Å²) in [6, 6.07) is 13.2. The first kappa shape index (κ1) is 21.3. The van der Waals surface area contributed by atoms with Crippen molar-refractivity contribution in [3.8, 4) is 5.75 Å².